The fraction of sp³-hybridized carbons (Fsp3) is 0.263. The Kier molecular flexibility index (Phi) is 4.97. The maximum atomic E-state index is 10.7. The van der Waals surface area contributed by atoms with E-state index in [4.69, 9.17) is 16.1 Å². The van der Waals surface area contributed by atoms with Gasteiger partial charge in [0.25, 0.3) is 5.89 Å². The highest BCUT2D eigenvalue weighted by Gasteiger charge is 2.29. The van der Waals surface area contributed by atoms with Crippen LogP contribution in [0.3, 0.4) is 0 Å². The van der Waals surface area contributed by atoms with E-state index in [1.165, 1.54) is 0 Å². The van der Waals surface area contributed by atoms with Crippen LogP contribution in [0.4, 0.5) is 0 Å². The van der Waals surface area contributed by atoms with Gasteiger partial charge in [-0.25, -0.2) is 0 Å². The molecule has 0 radical (unpaired) electrons. The Morgan fingerprint density at radius 2 is 1.83 bits per heavy atom. The van der Waals surface area contributed by atoms with Gasteiger partial charge in [0.1, 0.15) is 5.60 Å². The van der Waals surface area contributed by atoms with Crippen molar-refractivity contribution in [3.63, 3.8) is 0 Å². The van der Waals surface area contributed by atoms with Crippen LogP contribution in [0.5, 0.6) is 0 Å². The van der Waals surface area contributed by atoms with Crippen molar-refractivity contribution < 1.29 is 9.63 Å². The summed E-state index contributed by atoms with van der Waals surface area (Å²) in [5.41, 5.74) is 1.00. The number of aromatic nitrogens is 2. The summed E-state index contributed by atoms with van der Waals surface area (Å²) in [6.45, 7) is 1.70. The molecule has 24 heavy (non-hydrogen) atoms. The van der Waals surface area contributed by atoms with Gasteiger partial charge in [-0.3, -0.25) is 0 Å². The Morgan fingerprint density at radius 3 is 2.58 bits per heavy atom. The first-order valence-electron chi connectivity index (χ1n) is 7.87. The highest BCUT2D eigenvalue weighted by atomic mass is 35.5. The van der Waals surface area contributed by atoms with Crippen molar-refractivity contribution in [1.29, 1.82) is 0 Å². The number of aliphatic hydroxyl groups is 1. The predicted molar refractivity (Wildman–Crippen MR) is 92.9 cm³/mol. The second-order valence-corrected chi connectivity index (χ2v) is 6.52. The van der Waals surface area contributed by atoms with E-state index in [2.05, 4.69) is 10.1 Å². The van der Waals surface area contributed by atoms with Gasteiger partial charge in [-0.1, -0.05) is 59.2 Å². The van der Waals surface area contributed by atoms with E-state index >= 15 is 0 Å². The third-order valence-electron chi connectivity index (χ3n) is 3.92. The maximum absolute atomic E-state index is 10.7. The van der Waals surface area contributed by atoms with E-state index in [0.29, 0.717) is 23.7 Å². The van der Waals surface area contributed by atoms with E-state index in [-0.39, 0.29) is 5.89 Å². The molecule has 5 heteroatoms. The first-order valence-corrected chi connectivity index (χ1v) is 8.24. The Labute approximate surface area is 146 Å². The molecule has 2 aromatic carbocycles. The Bertz CT molecular complexity index is 800. The lowest BCUT2D eigenvalue weighted by molar-refractivity contribution is 0.0147. The summed E-state index contributed by atoms with van der Waals surface area (Å²) in [5, 5.41) is 15.3. The number of rotatable bonds is 6. The summed E-state index contributed by atoms with van der Waals surface area (Å²) in [7, 11) is 0. The Hall–Kier alpha value is -2.17. The lowest BCUT2D eigenvalue weighted by Crippen LogP contribution is -2.22. The largest absolute Gasteiger partial charge is 0.380 e. The average Bonchev–Trinajstić information content (AvgIpc) is 3.03. The molecular formula is C19H19ClN2O2. The third-order valence-corrected chi connectivity index (χ3v) is 4.16. The minimum atomic E-state index is -1.16. The van der Waals surface area contributed by atoms with Crippen molar-refractivity contribution in [3.05, 3.63) is 82.5 Å². The summed E-state index contributed by atoms with van der Waals surface area (Å²) in [5.74, 6) is 0.780. The van der Waals surface area contributed by atoms with Crippen LogP contribution in [0.25, 0.3) is 0 Å². The smallest absolute Gasteiger partial charge is 0.258 e. The summed E-state index contributed by atoms with van der Waals surface area (Å²) < 4.78 is 5.28. The molecule has 0 saturated carbocycles. The number of benzene rings is 2. The minimum Gasteiger partial charge on any atom is -0.380 e. The average molecular weight is 343 g/mol. The van der Waals surface area contributed by atoms with Crippen LogP contribution < -0.4 is 0 Å². The zero-order chi connectivity index (χ0) is 17.0. The molecule has 1 unspecified atom stereocenters. The molecular weight excluding hydrogens is 324 g/mol. The lowest BCUT2D eigenvalue weighted by Gasteiger charge is -2.18. The van der Waals surface area contributed by atoms with E-state index in [0.717, 1.165) is 17.5 Å². The molecule has 0 saturated heterocycles. The van der Waals surface area contributed by atoms with Gasteiger partial charge in [0.15, 0.2) is 5.82 Å². The number of hydrogen-bond acceptors (Lipinski definition) is 4. The summed E-state index contributed by atoms with van der Waals surface area (Å²) in [6, 6.07) is 17.5. The van der Waals surface area contributed by atoms with Crippen LogP contribution in [-0.2, 0) is 18.4 Å². The second-order valence-electron chi connectivity index (χ2n) is 6.08. The Balaban J connectivity index is 1.67. The van der Waals surface area contributed by atoms with Crippen LogP contribution in [0, 0.1) is 0 Å². The first kappa shape index (κ1) is 16.7. The van der Waals surface area contributed by atoms with Gasteiger partial charge in [-0.15, -0.1) is 0 Å². The normalized spacial score (nSPS) is 13.6. The van der Waals surface area contributed by atoms with Crippen molar-refractivity contribution in [2.24, 2.45) is 0 Å². The molecule has 1 aromatic heterocycles. The van der Waals surface area contributed by atoms with E-state index in [1.54, 1.807) is 6.92 Å². The quantitative estimate of drug-likeness (QED) is 0.731. The van der Waals surface area contributed by atoms with Crippen molar-refractivity contribution in [2.45, 2.75) is 31.8 Å². The summed E-state index contributed by atoms with van der Waals surface area (Å²) in [6.07, 6.45) is 1.76. The van der Waals surface area contributed by atoms with Crippen molar-refractivity contribution in [2.75, 3.05) is 0 Å². The third kappa shape index (κ3) is 4.22. The van der Waals surface area contributed by atoms with Crippen molar-refractivity contribution in [3.8, 4) is 0 Å². The lowest BCUT2D eigenvalue weighted by atomic mass is 9.97. The SMILES string of the molecule is CC(O)(CCc1ccccc1)c1nc(Cc2cccc(Cl)c2)no1. The van der Waals surface area contributed by atoms with Gasteiger partial charge in [0, 0.05) is 11.4 Å². The van der Waals surface area contributed by atoms with Crippen LogP contribution in [0.15, 0.2) is 59.1 Å². The molecule has 0 bridgehead atoms. The fourth-order valence-electron chi connectivity index (χ4n) is 2.51. The standard InChI is InChI=1S/C19H19ClN2O2/c1-19(23,11-10-14-6-3-2-4-7-14)18-21-17(22-24-18)13-15-8-5-9-16(20)12-15/h2-9,12,23H,10-11,13H2,1H3. The topological polar surface area (TPSA) is 59.2 Å². The molecule has 3 rings (SSSR count). The molecule has 1 N–H and O–H groups in total. The molecule has 0 aliphatic carbocycles. The molecule has 3 aromatic rings. The second kappa shape index (κ2) is 7.16. The molecule has 4 nitrogen and oxygen atoms in total. The molecule has 1 heterocycles. The van der Waals surface area contributed by atoms with Crippen molar-refractivity contribution >= 4 is 11.6 Å². The zero-order valence-corrected chi connectivity index (χ0v) is 14.2. The van der Waals surface area contributed by atoms with Crippen LogP contribution in [-0.4, -0.2) is 15.2 Å². The summed E-state index contributed by atoms with van der Waals surface area (Å²) >= 11 is 5.98. The highest BCUT2D eigenvalue weighted by Crippen LogP contribution is 2.25. The number of aryl methyl sites for hydroxylation is 1. The zero-order valence-electron chi connectivity index (χ0n) is 13.4. The molecule has 0 aliphatic rings. The predicted octanol–water partition coefficient (Wildman–Crippen LogP) is 4.15. The van der Waals surface area contributed by atoms with E-state index < -0.39 is 5.60 Å². The molecule has 1 atom stereocenters. The molecule has 0 spiro atoms. The van der Waals surface area contributed by atoms with Gasteiger partial charge < -0.3 is 9.63 Å². The number of halogens is 1. The van der Waals surface area contributed by atoms with Gasteiger partial charge in [-0.2, -0.15) is 4.98 Å². The highest BCUT2D eigenvalue weighted by molar-refractivity contribution is 6.30. The van der Waals surface area contributed by atoms with Crippen LogP contribution in [0.2, 0.25) is 5.02 Å². The maximum Gasteiger partial charge on any atom is 0.258 e. The summed E-state index contributed by atoms with van der Waals surface area (Å²) in [4.78, 5) is 4.35. The first-order chi connectivity index (χ1) is 11.5. The van der Waals surface area contributed by atoms with Crippen LogP contribution >= 0.6 is 11.6 Å². The minimum absolute atomic E-state index is 0.246. The molecule has 0 fully saturated rings. The monoisotopic (exact) mass is 342 g/mol. The molecule has 0 amide bonds. The van der Waals surface area contributed by atoms with Gasteiger partial charge in [0.2, 0.25) is 0 Å². The number of nitrogens with zero attached hydrogens (tertiary/aromatic N) is 2. The molecule has 0 aliphatic heterocycles. The Morgan fingerprint density at radius 1 is 1.08 bits per heavy atom. The number of hydrogen-bond donors (Lipinski definition) is 1. The fourth-order valence-corrected chi connectivity index (χ4v) is 2.73. The van der Waals surface area contributed by atoms with Gasteiger partial charge in [0.05, 0.1) is 0 Å². The van der Waals surface area contributed by atoms with E-state index in [1.807, 2.05) is 54.6 Å². The van der Waals surface area contributed by atoms with Gasteiger partial charge >= 0.3 is 0 Å². The molecule has 124 valence electrons. The van der Waals surface area contributed by atoms with E-state index in [9.17, 15) is 5.11 Å². The van der Waals surface area contributed by atoms with Gasteiger partial charge in [-0.05, 0) is 43.0 Å². The van der Waals surface area contributed by atoms with Crippen LogP contribution in [0.1, 0.15) is 36.2 Å². The van der Waals surface area contributed by atoms with Crippen molar-refractivity contribution in [1.82, 2.24) is 10.1 Å².